The quantitative estimate of drug-likeness (QED) is 0.856. The average Bonchev–Trinajstić information content (AvgIpc) is 2.75. The third-order valence-electron chi connectivity index (χ3n) is 3.69. The first-order chi connectivity index (χ1) is 9.97. The topological polar surface area (TPSA) is 81.6 Å². The Morgan fingerprint density at radius 2 is 2.14 bits per heavy atom. The van der Waals surface area contributed by atoms with Crippen LogP contribution in [0.3, 0.4) is 0 Å². The Balaban J connectivity index is 2.03. The molecule has 3 rings (SSSR count). The summed E-state index contributed by atoms with van der Waals surface area (Å²) in [5.41, 5.74) is 8.81. The standard InChI is InChI=1S/C15H17N3O3/c1-8-12(9(2)21-17-8)7-18-13-5-4-11(16)6-14(13)20-10(3)15(18)19/h4-6,10H,7,16H2,1-3H3. The van der Waals surface area contributed by atoms with Crippen molar-refractivity contribution in [3.8, 4) is 5.75 Å². The summed E-state index contributed by atoms with van der Waals surface area (Å²) < 4.78 is 10.8. The van der Waals surface area contributed by atoms with Gasteiger partial charge in [-0.25, -0.2) is 0 Å². The fourth-order valence-corrected chi connectivity index (χ4v) is 2.48. The maximum atomic E-state index is 12.4. The van der Waals surface area contributed by atoms with Gasteiger partial charge in [-0.2, -0.15) is 0 Å². The summed E-state index contributed by atoms with van der Waals surface area (Å²) in [5, 5.41) is 3.93. The van der Waals surface area contributed by atoms with E-state index in [9.17, 15) is 4.79 Å². The zero-order valence-electron chi connectivity index (χ0n) is 12.2. The summed E-state index contributed by atoms with van der Waals surface area (Å²) in [6, 6.07) is 5.29. The number of carbonyl (C=O) groups excluding carboxylic acids is 1. The van der Waals surface area contributed by atoms with E-state index in [1.54, 1.807) is 30.0 Å². The van der Waals surface area contributed by atoms with Crippen LogP contribution in [0, 0.1) is 13.8 Å². The first-order valence-corrected chi connectivity index (χ1v) is 6.76. The van der Waals surface area contributed by atoms with Crippen molar-refractivity contribution in [3.05, 3.63) is 35.2 Å². The Kier molecular flexibility index (Phi) is 3.08. The Hall–Kier alpha value is -2.50. The smallest absolute Gasteiger partial charge is 0.268 e. The van der Waals surface area contributed by atoms with Crippen LogP contribution in [0.5, 0.6) is 5.75 Å². The third-order valence-corrected chi connectivity index (χ3v) is 3.69. The molecular weight excluding hydrogens is 270 g/mol. The Morgan fingerprint density at radius 3 is 2.81 bits per heavy atom. The number of benzene rings is 1. The molecule has 2 heterocycles. The van der Waals surface area contributed by atoms with Gasteiger partial charge in [0.1, 0.15) is 11.5 Å². The molecule has 0 aliphatic carbocycles. The number of nitrogens with two attached hydrogens (primary N) is 1. The van der Waals surface area contributed by atoms with Crippen LogP contribution in [0.25, 0.3) is 0 Å². The molecule has 0 saturated heterocycles. The molecule has 0 bridgehead atoms. The van der Waals surface area contributed by atoms with Crippen LogP contribution in [0.1, 0.15) is 23.9 Å². The number of carbonyl (C=O) groups is 1. The molecule has 21 heavy (non-hydrogen) atoms. The number of hydrogen-bond acceptors (Lipinski definition) is 5. The molecule has 2 N–H and O–H groups in total. The van der Waals surface area contributed by atoms with Crippen LogP contribution in [-0.4, -0.2) is 17.2 Å². The highest BCUT2D eigenvalue weighted by Crippen LogP contribution is 2.36. The monoisotopic (exact) mass is 287 g/mol. The van der Waals surface area contributed by atoms with Crippen LogP contribution in [0.4, 0.5) is 11.4 Å². The first kappa shape index (κ1) is 13.5. The molecule has 110 valence electrons. The second-order valence-electron chi connectivity index (χ2n) is 5.21. The van der Waals surface area contributed by atoms with Crippen molar-refractivity contribution in [2.24, 2.45) is 0 Å². The molecule has 0 fully saturated rings. The average molecular weight is 287 g/mol. The summed E-state index contributed by atoms with van der Waals surface area (Å²) in [6.07, 6.45) is -0.542. The van der Waals surface area contributed by atoms with Gasteiger partial charge in [0.2, 0.25) is 0 Å². The molecule has 6 nitrogen and oxygen atoms in total. The molecule has 0 saturated carbocycles. The van der Waals surface area contributed by atoms with Gasteiger partial charge in [-0.15, -0.1) is 0 Å². The highest BCUT2D eigenvalue weighted by molar-refractivity contribution is 6.00. The van der Waals surface area contributed by atoms with Crippen LogP contribution < -0.4 is 15.4 Å². The van der Waals surface area contributed by atoms with Gasteiger partial charge < -0.3 is 19.9 Å². The van der Waals surface area contributed by atoms with Gasteiger partial charge in [-0.1, -0.05) is 5.16 Å². The molecule has 1 amide bonds. The number of ether oxygens (including phenoxy) is 1. The predicted octanol–water partition coefficient (Wildman–Crippen LogP) is 2.19. The summed E-state index contributed by atoms with van der Waals surface area (Å²) >= 11 is 0. The number of nitrogen functional groups attached to an aromatic ring is 1. The van der Waals surface area contributed by atoms with Crippen LogP contribution in [0.2, 0.25) is 0 Å². The van der Waals surface area contributed by atoms with Gasteiger partial charge in [-0.05, 0) is 32.9 Å². The lowest BCUT2D eigenvalue weighted by Crippen LogP contribution is -2.44. The fourth-order valence-electron chi connectivity index (χ4n) is 2.48. The minimum absolute atomic E-state index is 0.0905. The van der Waals surface area contributed by atoms with Gasteiger partial charge in [0.25, 0.3) is 5.91 Å². The van der Waals surface area contributed by atoms with E-state index >= 15 is 0 Å². The number of fused-ring (bicyclic) bond motifs is 1. The van der Waals surface area contributed by atoms with E-state index in [1.807, 2.05) is 13.8 Å². The van der Waals surface area contributed by atoms with E-state index in [0.717, 1.165) is 17.0 Å². The van der Waals surface area contributed by atoms with Crippen molar-refractivity contribution in [3.63, 3.8) is 0 Å². The number of hydrogen-bond donors (Lipinski definition) is 1. The molecule has 1 atom stereocenters. The molecule has 1 aromatic heterocycles. The largest absolute Gasteiger partial charge is 0.479 e. The molecule has 0 spiro atoms. The lowest BCUT2D eigenvalue weighted by atomic mass is 10.1. The second-order valence-corrected chi connectivity index (χ2v) is 5.21. The molecule has 1 aliphatic rings. The number of anilines is 2. The van der Waals surface area contributed by atoms with Gasteiger partial charge >= 0.3 is 0 Å². The van der Waals surface area contributed by atoms with E-state index in [0.29, 0.717) is 23.7 Å². The molecule has 6 heteroatoms. The van der Waals surface area contributed by atoms with Gasteiger partial charge in [0.05, 0.1) is 17.9 Å². The zero-order chi connectivity index (χ0) is 15.1. The molecule has 1 unspecified atom stereocenters. The van der Waals surface area contributed by atoms with Crippen molar-refractivity contribution < 1.29 is 14.1 Å². The lowest BCUT2D eigenvalue weighted by molar-refractivity contribution is -0.125. The summed E-state index contributed by atoms with van der Waals surface area (Å²) in [6.45, 7) is 5.84. The molecule has 1 aromatic carbocycles. The van der Waals surface area contributed by atoms with Crippen molar-refractivity contribution in [1.29, 1.82) is 0 Å². The minimum Gasteiger partial charge on any atom is -0.479 e. The number of aryl methyl sites for hydroxylation is 2. The highest BCUT2D eigenvalue weighted by Gasteiger charge is 2.32. The molecule has 0 radical (unpaired) electrons. The number of rotatable bonds is 2. The van der Waals surface area contributed by atoms with E-state index in [4.69, 9.17) is 15.0 Å². The van der Waals surface area contributed by atoms with Crippen LogP contribution >= 0.6 is 0 Å². The fraction of sp³-hybridized carbons (Fsp3) is 0.333. The SMILES string of the molecule is Cc1noc(C)c1CN1C(=O)C(C)Oc2cc(N)ccc21. The first-order valence-electron chi connectivity index (χ1n) is 6.76. The third kappa shape index (κ3) is 2.22. The van der Waals surface area contributed by atoms with E-state index < -0.39 is 6.10 Å². The molecular formula is C15H17N3O3. The Bertz CT molecular complexity index is 689. The van der Waals surface area contributed by atoms with Crippen molar-refractivity contribution in [2.45, 2.75) is 33.4 Å². The normalized spacial score (nSPS) is 17.6. The van der Waals surface area contributed by atoms with Crippen molar-refractivity contribution >= 4 is 17.3 Å². The summed E-state index contributed by atoms with van der Waals surface area (Å²) in [7, 11) is 0. The zero-order valence-corrected chi connectivity index (χ0v) is 12.2. The number of nitrogens with zero attached hydrogens (tertiary/aromatic N) is 2. The molecule has 2 aromatic rings. The second kappa shape index (κ2) is 4.80. The Morgan fingerprint density at radius 1 is 1.38 bits per heavy atom. The van der Waals surface area contributed by atoms with E-state index in [2.05, 4.69) is 5.16 Å². The Labute approximate surface area is 122 Å². The number of amides is 1. The predicted molar refractivity (Wildman–Crippen MR) is 78.1 cm³/mol. The highest BCUT2D eigenvalue weighted by atomic mass is 16.5. The van der Waals surface area contributed by atoms with E-state index in [1.165, 1.54) is 0 Å². The van der Waals surface area contributed by atoms with E-state index in [-0.39, 0.29) is 5.91 Å². The van der Waals surface area contributed by atoms with Gasteiger partial charge in [0, 0.05) is 17.3 Å². The van der Waals surface area contributed by atoms with Crippen molar-refractivity contribution in [2.75, 3.05) is 10.6 Å². The summed E-state index contributed by atoms with van der Waals surface area (Å²) in [5.74, 6) is 1.25. The summed E-state index contributed by atoms with van der Waals surface area (Å²) in [4.78, 5) is 14.1. The maximum absolute atomic E-state index is 12.4. The number of aromatic nitrogens is 1. The van der Waals surface area contributed by atoms with Crippen molar-refractivity contribution in [1.82, 2.24) is 5.16 Å². The lowest BCUT2D eigenvalue weighted by Gasteiger charge is -2.33. The maximum Gasteiger partial charge on any atom is 0.268 e. The van der Waals surface area contributed by atoms with Gasteiger partial charge in [-0.3, -0.25) is 4.79 Å². The minimum atomic E-state index is -0.542. The van der Waals surface area contributed by atoms with Crippen LogP contribution in [-0.2, 0) is 11.3 Å². The van der Waals surface area contributed by atoms with Gasteiger partial charge in [0.15, 0.2) is 6.10 Å². The molecule has 1 aliphatic heterocycles. The van der Waals surface area contributed by atoms with Crippen LogP contribution in [0.15, 0.2) is 22.7 Å².